The minimum atomic E-state index is -0.701. The first-order chi connectivity index (χ1) is 3.98. The number of hydrogen-bond donors (Lipinski definition) is 0. The Morgan fingerprint density at radius 2 is 1.89 bits per heavy atom. The van der Waals surface area contributed by atoms with Gasteiger partial charge in [0.05, 0.1) is 5.90 Å². The van der Waals surface area contributed by atoms with Gasteiger partial charge in [-0.25, -0.2) is 0 Å². The highest BCUT2D eigenvalue weighted by Crippen LogP contribution is 2.59. The topological polar surface area (TPSA) is 0 Å². The van der Waals surface area contributed by atoms with Crippen molar-refractivity contribution in [1.82, 2.24) is 0 Å². The third-order valence-electron chi connectivity index (χ3n) is 1.39. The zero-order valence-electron chi connectivity index (χ0n) is 7.02. The SMILES string of the molecule is [CH2-][P+](C)(CC)CP(C)C. The molecule has 0 aliphatic heterocycles. The van der Waals surface area contributed by atoms with Crippen LogP contribution in [-0.4, -0.2) is 32.1 Å². The highest BCUT2D eigenvalue weighted by Gasteiger charge is 2.15. The molecule has 56 valence electrons. The van der Waals surface area contributed by atoms with Gasteiger partial charge < -0.3 is 0 Å². The van der Waals surface area contributed by atoms with E-state index in [4.69, 9.17) is 0 Å². The maximum Gasteiger partial charge on any atom is 0.0502 e. The van der Waals surface area contributed by atoms with Gasteiger partial charge in [0.15, 0.2) is 0 Å². The van der Waals surface area contributed by atoms with Gasteiger partial charge >= 0.3 is 0 Å². The summed E-state index contributed by atoms with van der Waals surface area (Å²) in [6.45, 7) is 13.6. The van der Waals surface area contributed by atoms with Gasteiger partial charge in [-0.15, -0.1) is 7.26 Å². The molecule has 0 spiro atoms. The lowest BCUT2D eigenvalue weighted by atomic mass is 11.0. The van der Waals surface area contributed by atoms with E-state index < -0.39 is 7.26 Å². The molecule has 2 heteroatoms. The molecule has 9 heavy (non-hydrogen) atoms. The fourth-order valence-corrected chi connectivity index (χ4v) is 7.05. The summed E-state index contributed by atoms with van der Waals surface area (Å²) in [6, 6.07) is 0. The first-order valence-electron chi connectivity index (χ1n) is 3.31. The summed E-state index contributed by atoms with van der Waals surface area (Å²) in [7, 11) is -0.408. The maximum atomic E-state index is 4.26. The Morgan fingerprint density at radius 1 is 1.44 bits per heavy atom. The van der Waals surface area contributed by atoms with E-state index in [1.165, 1.54) is 12.1 Å². The minimum Gasteiger partial charge on any atom is -0.180 e. The van der Waals surface area contributed by atoms with E-state index in [9.17, 15) is 0 Å². The molecular weight excluding hydrogens is 146 g/mol. The zero-order chi connectivity index (χ0) is 7.49. The Balaban J connectivity index is 3.58. The second kappa shape index (κ2) is 3.89. The van der Waals surface area contributed by atoms with E-state index in [2.05, 4.69) is 33.6 Å². The van der Waals surface area contributed by atoms with Crippen molar-refractivity contribution >= 4 is 15.2 Å². The van der Waals surface area contributed by atoms with Crippen molar-refractivity contribution in [2.75, 3.05) is 32.1 Å². The lowest BCUT2D eigenvalue weighted by Gasteiger charge is -2.25. The van der Waals surface area contributed by atoms with E-state index in [1.54, 1.807) is 0 Å². The molecule has 0 N–H and O–H groups in total. The van der Waals surface area contributed by atoms with E-state index in [0.717, 1.165) is 0 Å². The van der Waals surface area contributed by atoms with Crippen LogP contribution in [0.3, 0.4) is 0 Å². The Morgan fingerprint density at radius 3 is 2.00 bits per heavy atom. The van der Waals surface area contributed by atoms with Crippen LogP contribution in [0.2, 0.25) is 0 Å². The molecule has 0 aliphatic rings. The van der Waals surface area contributed by atoms with Gasteiger partial charge in [-0.1, -0.05) is 7.92 Å². The monoisotopic (exact) mass is 164 g/mol. The predicted octanol–water partition coefficient (Wildman–Crippen LogP) is 3.14. The van der Waals surface area contributed by atoms with E-state index >= 15 is 0 Å². The average Bonchev–Trinajstić information content (AvgIpc) is 1.63. The van der Waals surface area contributed by atoms with Crippen LogP contribution in [-0.2, 0) is 0 Å². The third kappa shape index (κ3) is 5.31. The lowest BCUT2D eigenvalue weighted by Crippen LogP contribution is -1.92. The van der Waals surface area contributed by atoms with Crippen LogP contribution in [0.25, 0.3) is 0 Å². The molecule has 0 nitrogen and oxygen atoms in total. The molecule has 1 unspecified atom stereocenters. The Hall–Kier alpha value is 0.860. The standard InChI is InChI=1S/C7H18P2/c1-6-9(4,5)7-8(2)3/h4,6-7H2,1-3,5H3. The highest BCUT2D eigenvalue weighted by atomic mass is 31.2. The second-order valence-electron chi connectivity index (χ2n) is 3.16. The Kier molecular flexibility index (Phi) is 4.26. The number of hydrogen-bond acceptors (Lipinski definition) is 0. The Bertz CT molecular complexity index is 77.0. The molecule has 1 atom stereocenters. The van der Waals surface area contributed by atoms with Gasteiger partial charge in [-0.3, -0.25) is 0 Å². The van der Waals surface area contributed by atoms with Crippen LogP contribution < -0.4 is 0 Å². The van der Waals surface area contributed by atoms with Crippen molar-refractivity contribution < 1.29 is 0 Å². The predicted molar refractivity (Wildman–Crippen MR) is 52.4 cm³/mol. The summed E-state index contributed by atoms with van der Waals surface area (Å²) >= 11 is 0. The average molecular weight is 164 g/mol. The van der Waals surface area contributed by atoms with E-state index in [0.29, 0.717) is 7.92 Å². The van der Waals surface area contributed by atoms with Gasteiger partial charge in [0, 0.05) is 12.8 Å². The molecule has 0 bridgehead atoms. The molecule has 0 amide bonds. The Labute approximate surface area is 61.5 Å². The molecule has 0 saturated heterocycles. The molecule has 0 fully saturated rings. The molecule has 0 aromatic heterocycles. The van der Waals surface area contributed by atoms with Crippen molar-refractivity contribution in [3.05, 3.63) is 6.66 Å². The van der Waals surface area contributed by atoms with Crippen LogP contribution in [0, 0.1) is 6.66 Å². The van der Waals surface area contributed by atoms with Crippen LogP contribution in [0.5, 0.6) is 0 Å². The van der Waals surface area contributed by atoms with Crippen molar-refractivity contribution in [1.29, 1.82) is 0 Å². The van der Waals surface area contributed by atoms with Crippen molar-refractivity contribution in [3.8, 4) is 0 Å². The molecule has 0 radical (unpaired) electrons. The summed E-state index contributed by atoms with van der Waals surface area (Å²) in [5.41, 5.74) is 0. The first kappa shape index (κ1) is 9.86. The highest BCUT2D eigenvalue weighted by molar-refractivity contribution is 7.85. The quantitative estimate of drug-likeness (QED) is 0.444. The van der Waals surface area contributed by atoms with E-state index in [1.807, 2.05) is 0 Å². The number of rotatable bonds is 3. The molecule has 0 aliphatic carbocycles. The molecule has 0 aromatic carbocycles. The summed E-state index contributed by atoms with van der Waals surface area (Å²) in [5, 5.41) is 0. The van der Waals surface area contributed by atoms with Crippen LogP contribution in [0.4, 0.5) is 0 Å². The van der Waals surface area contributed by atoms with Gasteiger partial charge in [-0.05, 0) is 20.3 Å². The second-order valence-corrected chi connectivity index (χ2v) is 10.3. The summed E-state index contributed by atoms with van der Waals surface area (Å²) in [6.07, 6.45) is 1.31. The van der Waals surface area contributed by atoms with Crippen molar-refractivity contribution in [2.45, 2.75) is 6.92 Å². The largest absolute Gasteiger partial charge is 0.180 e. The maximum absolute atomic E-state index is 4.26. The molecule has 0 aromatic rings. The third-order valence-corrected chi connectivity index (χ3v) is 7.91. The van der Waals surface area contributed by atoms with Crippen molar-refractivity contribution in [3.63, 3.8) is 0 Å². The zero-order valence-corrected chi connectivity index (χ0v) is 8.80. The van der Waals surface area contributed by atoms with Crippen LogP contribution in [0.15, 0.2) is 0 Å². The van der Waals surface area contributed by atoms with Gasteiger partial charge in [0.2, 0.25) is 0 Å². The first-order valence-corrected chi connectivity index (χ1v) is 8.53. The molecule has 0 rings (SSSR count). The molecule has 0 heterocycles. The fourth-order valence-electron chi connectivity index (χ4n) is 0.783. The minimum absolute atomic E-state index is 0.293. The lowest BCUT2D eigenvalue weighted by molar-refractivity contribution is 1.47. The van der Waals surface area contributed by atoms with Crippen LogP contribution in [0.1, 0.15) is 6.92 Å². The molecular formula is C7H18P2. The summed E-state index contributed by atoms with van der Waals surface area (Å²) < 4.78 is 0. The van der Waals surface area contributed by atoms with E-state index in [-0.39, 0.29) is 0 Å². The smallest absolute Gasteiger partial charge is 0.0502 e. The molecule has 0 saturated carbocycles. The normalized spacial score (nSPS) is 18.0. The van der Waals surface area contributed by atoms with Gasteiger partial charge in [-0.2, -0.15) is 6.66 Å². The van der Waals surface area contributed by atoms with Gasteiger partial charge in [0.25, 0.3) is 0 Å². The summed E-state index contributed by atoms with van der Waals surface area (Å²) in [5.74, 6) is 1.42. The van der Waals surface area contributed by atoms with Crippen LogP contribution >= 0.6 is 15.2 Å². The fraction of sp³-hybridized carbons (Fsp3) is 0.857. The summed E-state index contributed by atoms with van der Waals surface area (Å²) in [4.78, 5) is 0. The van der Waals surface area contributed by atoms with Crippen molar-refractivity contribution in [2.24, 2.45) is 0 Å². The van der Waals surface area contributed by atoms with Gasteiger partial charge in [0.1, 0.15) is 0 Å².